The summed E-state index contributed by atoms with van der Waals surface area (Å²) >= 11 is 7.05. The van der Waals surface area contributed by atoms with Gasteiger partial charge in [-0.25, -0.2) is 4.98 Å². The van der Waals surface area contributed by atoms with Gasteiger partial charge < -0.3 is 4.74 Å². The first kappa shape index (κ1) is 17.4. The Labute approximate surface area is 165 Å². The summed E-state index contributed by atoms with van der Waals surface area (Å²) in [4.78, 5) is 16.8. The van der Waals surface area contributed by atoms with E-state index in [9.17, 15) is 4.79 Å². The number of hydrogen-bond acceptors (Lipinski definition) is 4. The lowest BCUT2D eigenvalue weighted by Gasteiger charge is -2.04. The first-order chi connectivity index (χ1) is 11.6. The largest absolute Gasteiger partial charge is 0.496 e. The minimum absolute atomic E-state index is 0.162. The number of anilines is 1. The minimum Gasteiger partial charge on any atom is -0.496 e. The van der Waals surface area contributed by atoms with E-state index < -0.39 is 0 Å². The van der Waals surface area contributed by atoms with Crippen molar-refractivity contribution in [3.05, 3.63) is 61.5 Å². The van der Waals surface area contributed by atoms with Crippen LogP contribution in [0.1, 0.15) is 10.4 Å². The van der Waals surface area contributed by atoms with Crippen molar-refractivity contribution in [1.29, 1.82) is 0 Å². The Morgan fingerprint density at radius 2 is 2.12 bits per heavy atom. The highest BCUT2D eigenvalue weighted by atomic mass is 127. The number of nitrogens with zero attached hydrogens (tertiary/aromatic N) is 1. The molecule has 7 heteroatoms. The lowest BCUT2D eigenvalue weighted by Crippen LogP contribution is -2.11. The van der Waals surface area contributed by atoms with E-state index in [-0.39, 0.29) is 5.91 Å². The number of carbonyl (C=O) groups excluding carboxylic acids is 1. The van der Waals surface area contributed by atoms with Gasteiger partial charge in [0.15, 0.2) is 5.13 Å². The van der Waals surface area contributed by atoms with Gasteiger partial charge in [0.1, 0.15) is 5.75 Å². The van der Waals surface area contributed by atoms with Gasteiger partial charge in [-0.15, -0.1) is 11.3 Å². The third kappa shape index (κ3) is 3.96. The van der Waals surface area contributed by atoms with Crippen molar-refractivity contribution in [2.45, 2.75) is 0 Å². The summed E-state index contributed by atoms with van der Waals surface area (Å²) in [5.74, 6) is 0.603. The second kappa shape index (κ2) is 7.62. The van der Waals surface area contributed by atoms with Crippen LogP contribution < -0.4 is 10.1 Å². The van der Waals surface area contributed by atoms with Crippen LogP contribution in [0.3, 0.4) is 0 Å². The molecule has 0 fully saturated rings. The summed E-state index contributed by atoms with van der Waals surface area (Å²) in [5.41, 5.74) is 2.38. The Balaban J connectivity index is 1.78. The summed E-state index contributed by atoms with van der Waals surface area (Å²) in [6.07, 6.45) is 0. The standard InChI is InChI=1S/C17H12BrIN2O2S/c1-23-15-6-5-10(8-13(15)18)14-9-24-17(20-14)21-16(22)11-3-2-4-12(19)7-11/h2-9H,1H3,(H,20,21,22). The van der Waals surface area contributed by atoms with Gasteiger partial charge in [-0.1, -0.05) is 6.07 Å². The van der Waals surface area contributed by atoms with Crippen molar-refractivity contribution in [2.75, 3.05) is 12.4 Å². The molecule has 3 aromatic rings. The second-order valence-corrected chi connectivity index (χ2v) is 7.81. The molecule has 1 amide bonds. The van der Waals surface area contributed by atoms with Crippen molar-refractivity contribution in [1.82, 2.24) is 4.98 Å². The fourth-order valence-electron chi connectivity index (χ4n) is 2.09. The van der Waals surface area contributed by atoms with Crippen LogP contribution in [0.5, 0.6) is 5.75 Å². The van der Waals surface area contributed by atoms with E-state index in [2.05, 4.69) is 48.8 Å². The molecule has 1 N–H and O–H groups in total. The summed E-state index contributed by atoms with van der Waals surface area (Å²) in [7, 11) is 1.63. The number of rotatable bonds is 4. The average molecular weight is 515 g/mol. The first-order valence-electron chi connectivity index (χ1n) is 6.93. The number of hydrogen-bond donors (Lipinski definition) is 1. The Hall–Kier alpha value is -1.45. The number of nitrogens with one attached hydrogen (secondary N) is 1. The maximum Gasteiger partial charge on any atom is 0.257 e. The molecule has 1 aromatic heterocycles. The maximum atomic E-state index is 12.3. The Morgan fingerprint density at radius 3 is 2.83 bits per heavy atom. The molecule has 0 unspecified atom stereocenters. The van der Waals surface area contributed by atoms with Crippen molar-refractivity contribution in [3.63, 3.8) is 0 Å². The van der Waals surface area contributed by atoms with Crippen LogP contribution in [-0.4, -0.2) is 18.0 Å². The van der Waals surface area contributed by atoms with Gasteiger partial charge in [0, 0.05) is 20.1 Å². The van der Waals surface area contributed by atoms with Crippen LogP contribution in [0.2, 0.25) is 0 Å². The molecule has 0 bridgehead atoms. The van der Waals surface area contributed by atoms with Crippen LogP contribution in [0.15, 0.2) is 52.3 Å². The zero-order valence-electron chi connectivity index (χ0n) is 12.5. The molecule has 0 saturated carbocycles. The van der Waals surface area contributed by atoms with Gasteiger partial charge in [0.05, 0.1) is 17.3 Å². The van der Waals surface area contributed by atoms with Gasteiger partial charge in [-0.2, -0.15) is 0 Å². The molecule has 0 spiro atoms. The lowest BCUT2D eigenvalue weighted by molar-refractivity contribution is 0.102. The zero-order valence-corrected chi connectivity index (χ0v) is 17.1. The van der Waals surface area contributed by atoms with E-state index >= 15 is 0 Å². The number of methoxy groups -OCH3 is 1. The quantitative estimate of drug-likeness (QED) is 0.472. The topological polar surface area (TPSA) is 51.2 Å². The van der Waals surface area contributed by atoms with Crippen molar-refractivity contribution < 1.29 is 9.53 Å². The molecule has 0 radical (unpaired) electrons. The Morgan fingerprint density at radius 1 is 1.29 bits per heavy atom. The number of thiazole rings is 1. The minimum atomic E-state index is -0.162. The van der Waals surface area contributed by atoms with Crippen molar-refractivity contribution >= 4 is 60.9 Å². The predicted molar refractivity (Wildman–Crippen MR) is 109 cm³/mol. The van der Waals surface area contributed by atoms with Gasteiger partial charge in [-0.05, 0) is 74.9 Å². The molecular weight excluding hydrogens is 503 g/mol. The number of aromatic nitrogens is 1. The molecule has 24 heavy (non-hydrogen) atoms. The van der Waals surface area contributed by atoms with Crippen LogP contribution >= 0.6 is 49.9 Å². The molecule has 1 heterocycles. The third-order valence-electron chi connectivity index (χ3n) is 3.26. The fourth-order valence-corrected chi connectivity index (χ4v) is 3.89. The van der Waals surface area contributed by atoms with E-state index in [1.807, 2.05) is 41.8 Å². The zero-order chi connectivity index (χ0) is 17.1. The molecule has 0 atom stereocenters. The molecule has 122 valence electrons. The average Bonchev–Trinajstić information content (AvgIpc) is 3.03. The van der Waals surface area contributed by atoms with E-state index in [0.717, 1.165) is 25.0 Å². The first-order valence-corrected chi connectivity index (χ1v) is 9.68. The predicted octanol–water partition coefficient (Wildman–Crippen LogP) is 5.44. The van der Waals surface area contributed by atoms with E-state index in [1.165, 1.54) is 11.3 Å². The SMILES string of the molecule is COc1ccc(-c2csc(NC(=O)c3cccc(I)c3)n2)cc1Br. The number of amides is 1. The monoisotopic (exact) mass is 514 g/mol. The molecule has 3 rings (SSSR count). The molecule has 0 aliphatic rings. The maximum absolute atomic E-state index is 12.3. The highest BCUT2D eigenvalue weighted by Crippen LogP contribution is 2.32. The number of benzene rings is 2. The summed E-state index contributed by atoms with van der Waals surface area (Å²) in [5, 5.41) is 5.33. The smallest absolute Gasteiger partial charge is 0.257 e. The summed E-state index contributed by atoms with van der Waals surface area (Å²) in [6.45, 7) is 0. The Kier molecular flexibility index (Phi) is 5.52. The number of halogens is 2. The number of carbonyl (C=O) groups is 1. The third-order valence-corrected chi connectivity index (χ3v) is 5.31. The van der Waals surface area contributed by atoms with E-state index in [0.29, 0.717) is 10.7 Å². The molecule has 0 saturated heterocycles. The Bertz CT molecular complexity index is 898. The molecule has 0 aliphatic carbocycles. The van der Waals surface area contributed by atoms with Crippen molar-refractivity contribution in [2.24, 2.45) is 0 Å². The van der Waals surface area contributed by atoms with E-state index in [4.69, 9.17) is 4.74 Å². The molecule has 2 aromatic carbocycles. The molecular formula is C17H12BrIN2O2S. The fraction of sp³-hybridized carbons (Fsp3) is 0.0588. The van der Waals surface area contributed by atoms with Crippen LogP contribution in [0.4, 0.5) is 5.13 Å². The highest BCUT2D eigenvalue weighted by Gasteiger charge is 2.11. The highest BCUT2D eigenvalue weighted by molar-refractivity contribution is 14.1. The normalized spacial score (nSPS) is 10.5. The lowest BCUT2D eigenvalue weighted by atomic mass is 10.2. The van der Waals surface area contributed by atoms with Gasteiger partial charge in [-0.3, -0.25) is 10.1 Å². The van der Waals surface area contributed by atoms with Gasteiger partial charge in [0.25, 0.3) is 5.91 Å². The van der Waals surface area contributed by atoms with Crippen LogP contribution in [0.25, 0.3) is 11.3 Å². The van der Waals surface area contributed by atoms with Crippen molar-refractivity contribution in [3.8, 4) is 17.0 Å². The van der Waals surface area contributed by atoms with Crippen LogP contribution in [0, 0.1) is 3.57 Å². The second-order valence-electron chi connectivity index (χ2n) is 4.85. The van der Waals surface area contributed by atoms with E-state index in [1.54, 1.807) is 13.2 Å². The summed E-state index contributed by atoms with van der Waals surface area (Å²) < 4.78 is 7.11. The van der Waals surface area contributed by atoms with Gasteiger partial charge >= 0.3 is 0 Å². The van der Waals surface area contributed by atoms with Gasteiger partial charge in [0.2, 0.25) is 0 Å². The van der Waals surface area contributed by atoms with Crippen LogP contribution in [-0.2, 0) is 0 Å². The molecule has 0 aliphatic heterocycles. The summed E-state index contributed by atoms with van der Waals surface area (Å²) in [6, 6.07) is 13.2. The number of ether oxygens (including phenoxy) is 1. The molecule has 4 nitrogen and oxygen atoms in total.